The smallest absolute Gasteiger partial charge is 0.239 e. The number of hydrogen-bond acceptors (Lipinski definition) is 3. The number of carbonyl (C=O) groups excluding carboxylic acids is 2. The number of nitrogens with one attached hydrogen (secondary N) is 2. The number of nitrogens with two attached hydrogens (primary N) is 1. The minimum atomic E-state index is -0.632. The Hall–Kier alpha value is -1.01. The summed E-state index contributed by atoms with van der Waals surface area (Å²) in [6, 6.07) is 4.09. The molecule has 23 heavy (non-hydrogen) atoms. The molecule has 1 aromatic carbocycles. The van der Waals surface area contributed by atoms with Gasteiger partial charge in [0.25, 0.3) is 0 Å². The molecule has 130 valence electrons. The molecule has 1 unspecified atom stereocenters. The van der Waals surface area contributed by atoms with Gasteiger partial charge >= 0.3 is 0 Å². The molecule has 0 fully saturated rings. The van der Waals surface area contributed by atoms with Crippen molar-refractivity contribution in [3.8, 4) is 0 Å². The van der Waals surface area contributed by atoms with Crippen LogP contribution in [0.15, 0.2) is 18.2 Å². The molecule has 0 aliphatic carbocycles. The molecule has 0 radical (unpaired) electrons. The third-order valence-corrected chi connectivity index (χ3v) is 3.83. The van der Waals surface area contributed by atoms with Crippen molar-refractivity contribution in [2.45, 2.75) is 32.9 Å². The molecule has 2 atom stereocenters. The van der Waals surface area contributed by atoms with Crippen LogP contribution in [0.4, 0.5) is 0 Å². The second-order valence-electron chi connectivity index (χ2n) is 5.44. The molecule has 1 aromatic rings. The summed E-state index contributed by atoms with van der Waals surface area (Å²) in [6.07, 6.45) is 0. The van der Waals surface area contributed by atoms with Gasteiger partial charge in [-0.15, -0.1) is 12.4 Å². The summed E-state index contributed by atoms with van der Waals surface area (Å²) in [5, 5.41) is 6.32. The summed E-state index contributed by atoms with van der Waals surface area (Å²) in [5.41, 5.74) is 6.41. The predicted octanol–water partition coefficient (Wildman–Crippen LogP) is 2.69. The molecule has 0 heterocycles. The second-order valence-corrected chi connectivity index (χ2v) is 6.29. The number of halogens is 3. The fraction of sp³-hybridized carbons (Fsp3) is 0.467. The van der Waals surface area contributed by atoms with Gasteiger partial charge in [-0.25, -0.2) is 0 Å². The highest BCUT2D eigenvalue weighted by Gasteiger charge is 2.18. The van der Waals surface area contributed by atoms with Crippen LogP contribution in [0, 0.1) is 5.92 Å². The highest BCUT2D eigenvalue weighted by Crippen LogP contribution is 2.25. The summed E-state index contributed by atoms with van der Waals surface area (Å²) < 4.78 is 0. The van der Waals surface area contributed by atoms with E-state index in [1.54, 1.807) is 25.1 Å². The quantitative estimate of drug-likeness (QED) is 0.707. The minimum Gasteiger partial charge on any atom is -0.348 e. The van der Waals surface area contributed by atoms with Crippen LogP contribution in [0.1, 0.15) is 32.4 Å². The average molecular weight is 383 g/mol. The normalized spacial score (nSPS) is 13.0. The largest absolute Gasteiger partial charge is 0.348 e. The van der Waals surface area contributed by atoms with Crippen molar-refractivity contribution < 1.29 is 9.59 Å². The molecule has 8 heteroatoms. The maximum Gasteiger partial charge on any atom is 0.239 e. The van der Waals surface area contributed by atoms with Crippen molar-refractivity contribution in [2.24, 2.45) is 11.7 Å². The molecule has 0 aromatic heterocycles. The van der Waals surface area contributed by atoms with E-state index in [0.29, 0.717) is 15.6 Å². The van der Waals surface area contributed by atoms with Crippen LogP contribution in [0.3, 0.4) is 0 Å². The summed E-state index contributed by atoms with van der Waals surface area (Å²) in [5.74, 6) is -0.668. The molecule has 0 saturated heterocycles. The maximum absolute atomic E-state index is 11.9. The monoisotopic (exact) mass is 381 g/mol. The van der Waals surface area contributed by atoms with Crippen LogP contribution in [0.25, 0.3) is 0 Å². The van der Waals surface area contributed by atoms with Crippen LogP contribution in [0.2, 0.25) is 10.0 Å². The zero-order valence-electron chi connectivity index (χ0n) is 13.2. The lowest BCUT2D eigenvalue weighted by molar-refractivity contribution is -0.127. The first-order valence-electron chi connectivity index (χ1n) is 7.00. The lowest BCUT2D eigenvalue weighted by Gasteiger charge is -2.18. The van der Waals surface area contributed by atoms with Gasteiger partial charge in [0.05, 0.1) is 18.6 Å². The fourth-order valence-electron chi connectivity index (χ4n) is 1.80. The first-order chi connectivity index (χ1) is 10.2. The van der Waals surface area contributed by atoms with Gasteiger partial charge in [0.2, 0.25) is 11.8 Å². The second kappa shape index (κ2) is 9.98. The third kappa shape index (κ3) is 6.96. The number of hydrogen-bond donors (Lipinski definition) is 3. The van der Waals surface area contributed by atoms with Gasteiger partial charge in [-0.2, -0.15) is 0 Å². The van der Waals surface area contributed by atoms with Gasteiger partial charge in [0, 0.05) is 10.0 Å². The van der Waals surface area contributed by atoms with Gasteiger partial charge in [-0.05, 0) is 36.6 Å². The Labute approximate surface area is 152 Å². The van der Waals surface area contributed by atoms with Gasteiger partial charge in [0.15, 0.2) is 0 Å². The van der Waals surface area contributed by atoms with Crippen molar-refractivity contribution in [1.82, 2.24) is 10.6 Å². The molecular formula is C15H22Cl3N3O2. The Morgan fingerprint density at radius 3 is 2.39 bits per heavy atom. The Morgan fingerprint density at radius 1 is 1.22 bits per heavy atom. The van der Waals surface area contributed by atoms with Crippen molar-refractivity contribution in [2.75, 3.05) is 6.54 Å². The summed E-state index contributed by atoms with van der Waals surface area (Å²) in [6.45, 7) is 5.33. The Bertz CT molecular complexity index is 553. The molecular weight excluding hydrogens is 361 g/mol. The highest BCUT2D eigenvalue weighted by atomic mass is 35.5. The van der Waals surface area contributed by atoms with Gasteiger partial charge in [-0.1, -0.05) is 37.0 Å². The van der Waals surface area contributed by atoms with E-state index in [9.17, 15) is 9.59 Å². The first kappa shape index (κ1) is 22.0. The Morgan fingerprint density at radius 2 is 1.83 bits per heavy atom. The van der Waals surface area contributed by atoms with E-state index in [1.165, 1.54) is 0 Å². The first-order valence-corrected chi connectivity index (χ1v) is 7.75. The Kier molecular flexibility index (Phi) is 9.54. The molecule has 4 N–H and O–H groups in total. The number of rotatable bonds is 6. The standard InChI is InChI=1S/C15H21Cl2N3O2.ClH/c1-8(2)14(18)15(22)19-7-13(21)20-9(3)11-6-10(16)4-5-12(11)17;/h4-6,8-9,14H,7,18H2,1-3H3,(H,19,22)(H,20,21);1H/t9?,14-;/m0./s1. The molecule has 0 spiro atoms. The minimum absolute atomic E-state index is 0. The van der Waals surface area contributed by atoms with Crippen LogP contribution >= 0.6 is 35.6 Å². The fourth-order valence-corrected chi connectivity index (χ4v) is 2.27. The molecule has 0 aliphatic rings. The Balaban J connectivity index is 0.00000484. The van der Waals surface area contributed by atoms with Crippen molar-refractivity contribution >= 4 is 47.4 Å². The highest BCUT2D eigenvalue weighted by molar-refractivity contribution is 6.33. The molecule has 0 bridgehead atoms. The van der Waals surface area contributed by atoms with Gasteiger partial charge in [-0.3, -0.25) is 9.59 Å². The van der Waals surface area contributed by atoms with E-state index < -0.39 is 6.04 Å². The van der Waals surface area contributed by atoms with Crippen molar-refractivity contribution in [3.63, 3.8) is 0 Å². The van der Waals surface area contributed by atoms with Crippen LogP contribution < -0.4 is 16.4 Å². The van der Waals surface area contributed by atoms with E-state index in [4.69, 9.17) is 28.9 Å². The summed E-state index contributed by atoms with van der Waals surface area (Å²) >= 11 is 12.0. The summed E-state index contributed by atoms with van der Waals surface area (Å²) in [7, 11) is 0. The number of carbonyl (C=O) groups is 2. The maximum atomic E-state index is 11.9. The van der Waals surface area contributed by atoms with E-state index in [2.05, 4.69) is 10.6 Å². The zero-order chi connectivity index (χ0) is 16.9. The van der Waals surface area contributed by atoms with E-state index in [0.717, 1.165) is 0 Å². The predicted molar refractivity (Wildman–Crippen MR) is 96.1 cm³/mol. The average Bonchev–Trinajstić information content (AvgIpc) is 2.46. The van der Waals surface area contributed by atoms with Crippen molar-refractivity contribution in [1.29, 1.82) is 0 Å². The van der Waals surface area contributed by atoms with E-state index in [-0.39, 0.29) is 42.7 Å². The molecule has 5 nitrogen and oxygen atoms in total. The van der Waals surface area contributed by atoms with Crippen LogP contribution in [-0.4, -0.2) is 24.4 Å². The van der Waals surface area contributed by atoms with Gasteiger partial charge in [0.1, 0.15) is 0 Å². The third-order valence-electron chi connectivity index (χ3n) is 3.25. The molecule has 0 aliphatic heterocycles. The lowest BCUT2D eigenvalue weighted by Crippen LogP contribution is -2.47. The molecule has 2 amide bonds. The van der Waals surface area contributed by atoms with Gasteiger partial charge < -0.3 is 16.4 Å². The molecule has 1 rings (SSSR count). The van der Waals surface area contributed by atoms with E-state index >= 15 is 0 Å². The SMILES string of the molecule is CC(NC(=O)CNC(=O)[C@@H](N)C(C)C)c1cc(Cl)ccc1Cl.Cl. The number of benzene rings is 1. The molecule has 0 saturated carbocycles. The van der Waals surface area contributed by atoms with Crippen LogP contribution in [0.5, 0.6) is 0 Å². The zero-order valence-corrected chi connectivity index (χ0v) is 15.6. The topological polar surface area (TPSA) is 84.2 Å². The summed E-state index contributed by atoms with van der Waals surface area (Å²) in [4.78, 5) is 23.6. The van der Waals surface area contributed by atoms with Crippen LogP contribution in [-0.2, 0) is 9.59 Å². The van der Waals surface area contributed by atoms with Crippen molar-refractivity contribution in [3.05, 3.63) is 33.8 Å². The number of amides is 2. The van der Waals surface area contributed by atoms with E-state index in [1.807, 2.05) is 13.8 Å². The lowest BCUT2D eigenvalue weighted by atomic mass is 10.1.